The van der Waals surface area contributed by atoms with Gasteiger partial charge in [-0.2, -0.15) is 0 Å². The van der Waals surface area contributed by atoms with Crippen LogP contribution in [0.25, 0.3) is 0 Å². The molecule has 15 heavy (non-hydrogen) atoms. The first-order valence-electron chi connectivity index (χ1n) is 5.66. The van der Waals surface area contributed by atoms with Crippen molar-refractivity contribution in [1.82, 2.24) is 5.32 Å². The highest BCUT2D eigenvalue weighted by atomic mass is 32.1. The second kappa shape index (κ2) is 3.29. The number of thiophene rings is 1. The van der Waals surface area contributed by atoms with Crippen LogP contribution in [0.5, 0.6) is 0 Å². The SMILES string of the molecule is Cc1cc(C2(F)CC3CCC(C2)N3)cs1. The minimum Gasteiger partial charge on any atom is -0.311 e. The van der Waals surface area contributed by atoms with Gasteiger partial charge in [0.05, 0.1) is 0 Å². The molecule has 2 fully saturated rings. The normalized spacial score (nSPS) is 39.6. The van der Waals surface area contributed by atoms with Crippen LogP contribution in [0.2, 0.25) is 0 Å². The lowest BCUT2D eigenvalue weighted by Gasteiger charge is -2.34. The van der Waals surface area contributed by atoms with Crippen molar-refractivity contribution < 1.29 is 4.39 Å². The van der Waals surface area contributed by atoms with E-state index in [4.69, 9.17) is 0 Å². The first kappa shape index (κ1) is 9.79. The van der Waals surface area contributed by atoms with Gasteiger partial charge >= 0.3 is 0 Å². The number of hydrogen-bond donors (Lipinski definition) is 1. The van der Waals surface area contributed by atoms with Crippen LogP contribution < -0.4 is 5.32 Å². The number of aryl methyl sites for hydroxylation is 1. The summed E-state index contributed by atoms with van der Waals surface area (Å²) in [7, 11) is 0. The van der Waals surface area contributed by atoms with E-state index in [1.165, 1.54) is 4.88 Å². The Hall–Kier alpha value is -0.410. The molecule has 0 amide bonds. The van der Waals surface area contributed by atoms with E-state index < -0.39 is 5.67 Å². The van der Waals surface area contributed by atoms with Gasteiger partial charge in [-0.1, -0.05) is 0 Å². The van der Waals surface area contributed by atoms with Crippen LogP contribution in [-0.4, -0.2) is 12.1 Å². The minimum absolute atomic E-state index is 0.411. The summed E-state index contributed by atoms with van der Waals surface area (Å²) < 4.78 is 14.8. The van der Waals surface area contributed by atoms with Crippen LogP contribution in [0.4, 0.5) is 4.39 Å². The molecule has 0 saturated carbocycles. The van der Waals surface area contributed by atoms with E-state index in [9.17, 15) is 4.39 Å². The van der Waals surface area contributed by atoms with Crippen molar-refractivity contribution in [2.24, 2.45) is 0 Å². The Balaban J connectivity index is 1.90. The van der Waals surface area contributed by atoms with Crippen LogP contribution in [-0.2, 0) is 5.67 Å². The van der Waals surface area contributed by atoms with Crippen LogP contribution in [0.15, 0.2) is 11.4 Å². The summed E-state index contributed by atoms with van der Waals surface area (Å²) in [4.78, 5) is 1.22. The van der Waals surface area contributed by atoms with Crippen molar-refractivity contribution in [2.45, 2.75) is 50.4 Å². The number of alkyl halides is 1. The van der Waals surface area contributed by atoms with Crippen LogP contribution in [0, 0.1) is 6.92 Å². The van der Waals surface area contributed by atoms with E-state index >= 15 is 0 Å². The standard InChI is InChI=1S/C12H16FNS/c1-8-4-9(7-15-8)12(13)5-10-2-3-11(6-12)14-10/h4,7,10-11,14H,2-3,5-6H2,1H3. The Morgan fingerprint density at radius 1 is 1.40 bits per heavy atom. The molecular weight excluding hydrogens is 209 g/mol. The van der Waals surface area contributed by atoms with Crippen molar-refractivity contribution in [1.29, 1.82) is 0 Å². The van der Waals surface area contributed by atoms with Crippen molar-refractivity contribution in [3.63, 3.8) is 0 Å². The van der Waals surface area contributed by atoms with Gasteiger partial charge in [0.25, 0.3) is 0 Å². The van der Waals surface area contributed by atoms with Gasteiger partial charge in [-0.15, -0.1) is 11.3 Å². The van der Waals surface area contributed by atoms with Crippen molar-refractivity contribution in [3.8, 4) is 0 Å². The number of hydrogen-bond acceptors (Lipinski definition) is 2. The molecule has 3 heterocycles. The lowest BCUT2D eigenvalue weighted by atomic mass is 9.84. The second-order valence-electron chi connectivity index (χ2n) is 4.96. The largest absolute Gasteiger partial charge is 0.311 e. The highest BCUT2D eigenvalue weighted by Crippen LogP contribution is 2.44. The molecule has 2 unspecified atom stereocenters. The summed E-state index contributed by atoms with van der Waals surface area (Å²) in [6, 6.07) is 2.85. The molecule has 1 aromatic heterocycles. The lowest BCUT2D eigenvalue weighted by Crippen LogP contribution is -2.44. The van der Waals surface area contributed by atoms with Gasteiger partial charge in [-0.05, 0) is 31.2 Å². The molecule has 2 saturated heterocycles. The summed E-state index contributed by atoms with van der Waals surface area (Å²) in [6.07, 6.45) is 3.64. The monoisotopic (exact) mass is 225 g/mol. The first-order chi connectivity index (χ1) is 7.16. The summed E-state index contributed by atoms with van der Waals surface area (Å²) in [5.74, 6) is 0. The predicted octanol–water partition coefficient (Wildman–Crippen LogP) is 3.14. The molecule has 3 rings (SSSR count). The fourth-order valence-corrected chi connectivity index (χ4v) is 3.79. The molecular formula is C12H16FNS. The summed E-state index contributed by atoms with van der Waals surface area (Å²) in [5.41, 5.74) is -0.134. The molecule has 0 aliphatic carbocycles. The van der Waals surface area contributed by atoms with Crippen LogP contribution in [0.3, 0.4) is 0 Å². The summed E-state index contributed by atoms with van der Waals surface area (Å²) in [6.45, 7) is 2.05. The predicted molar refractivity (Wildman–Crippen MR) is 61.0 cm³/mol. The molecule has 1 aromatic rings. The Morgan fingerprint density at radius 2 is 2.07 bits per heavy atom. The summed E-state index contributed by atoms with van der Waals surface area (Å²) >= 11 is 1.66. The zero-order valence-corrected chi connectivity index (χ0v) is 9.74. The van der Waals surface area contributed by atoms with Gasteiger partial charge in [0.2, 0.25) is 0 Å². The fraction of sp³-hybridized carbons (Fsp3) is 0.667. The van der Waals surface area contributed by atoms with Crippen molar-refractivity contribution >= 4 is 11.3 Å². The Morgan fingerprint density at radius 3 is 2.60 bits per heavy atom. The Kier molecular flexibility index (Phi) is 2.15. The maximum atomic E-state index is 14.8. The third-order valence-electron chi connectivity index (χ3n) is 3.72. The first-order valence-corrected chi connectivity index (χ1v) is 6.54. The average molecular weight is 225 g/mol. The number of piperidine rings is 1. The molecule has 82 valence electrons. The molecule has 2 aliphatic rings. The fourth-order valence-electron chi connectivity index (χ4n) is 3.00. The number of halogens is 1. The molecule has 2 aliphatic heterocycles. The Labute approximate surface area is 93.7 Å². The molecule has 0 spiro atoms. The quantitative estimate of drug-likeness (QED) is 0.774. The highest BCUT2D eigenvalue weighted by Gasteiger charge is 2.45. The number of rotatable bonds is 1. The smallest absolute Gasteiger partial charge is 0.139 e. The maximum Gasteiger partial charge on any atom is 0.139 e. The van der Waals surface area contributed by atoms with Crippen molar-refractivity contribution in [3.05, 3.63) is 21.9 Å². The van der Waals surface area contributed by atoms with E-state index in [1.807, 2.05) is 18.4 Å². The Bertz CT molecular complexity index is 361. The van der Waals surface area contributed by atoms with E-state index in [0.29, 0.717) is 24.9 Å². The molecule has 2 atom stereocenters. The van der Waals surface area contributed by atoms with Crippen LogP contribution >= 0.6 is 11.3 Å². The topological polar surface area (TPSA) is 12.0 Å². The third kappa shape index (κ3) is 1.62. The molecule has 1 N–H and O–H groups in total. The second-order valence-corrected chi connectivity index (χ2v) is 6.07. The van der Waals surface area contributed by atoms with Gasteiger partial charge in [-0.25, -0.2) is 4.39 Å². The van der Waals surface area contributed by atoms with E-state index in [1.54, 1.807) is 11.3 Å². The van der Waals surface area contributed by atoms with Gasteiger partial charge in [0, 0.05) is 35.4 Å². The molecule has 1 nitrogen and oxygen atoms in total. The lowest BCUT2D eigenvalue weighted by molar-refractivity contribution is 0.0878. The molecule has 0 aromatic carbocycles. The molecule has 2 bridgehead atoms. The maximum absolute atomic E-state index is 14.8. The number of nitrogens with one attached hydrogen (secondary N) is 1. The van der Waals surface area contributed by atoms with E-state index in [-0.39, 0.29) is 0 Å². The van der Waals surface area contributed by atoms with E-state index in [2.05, 4.69) is 5.32 Å². The molecule has 3 heteroatoms. The number of fused-ring (bicyclic) bond motifs is 2. The third-order valence-corrected chi connectivity index (χ3v) is 4.58. The molecule has 0 radical (unpaired) electrons. The zero-order valence-electron chi connectivity index (χ0n) is 8.92. The van der Waals surface area contributed by atoms with Gasteiger partial charge < -0.3 is 5.32 Å². The highest BCUT2D eigenvalue weighted by molar-refractivity contribution is 7.10. The minimum atomic E-state index is -1.05. The van der Waals surface area contributed by atoms with Crippen molar-refractivity contribution in [2.75, 3.05) is 0 Å². The summed E-state index contributed by atoms with van der Waals surface area (Å²) in [5, 5.41) is 5.49. The van der Waals surface area contributed by atoms with Crippen LogP contribution in [0.1, 0.15) is 36.1 Å². The van der Waals surface area contributed by atoms with Gasteiger partial charge in [-0.3, -0.25) is 0 Å². The van der Waals surface area contributed by atoms with Gasteiger partial charge in [0.1, 0.15) is 5.67 Å². The zero-order chi connectivity index (χ0) is 10.5. The van der Waals surface area contributed by atoms with Gasteiger partial charge in [0.15, 0.2) is 0 Å². The average Bonchev–Trinajstić information content (AvgIpc) is 2.74. The van der Waals surface area contributed by atoms with E-state index in [0.717, 1.165) is 18.4 Å².